The molecule has 2 aromatic rings. The summed E-state index contributed by atoms with van der Waals surface area (Å²) in [4.78, 5) is 36.3. The minimum Gasteiger partial charge on any atom is -0.493 e. The van der Waals surface area contributed by atoms with Crippen LogP contribution in [-0.4, -0.2) is 41.8 Å². The lowest BCUT2D eigenvalue weighted by Gasteiger charge is -2.17. The van der Waals surface area contributed by atoms with E-state index in [4.69, 9.17) is 13.9 Å². The second-order valence-corrected chi connectivity index (χ2v) is 6.25. The molecule has 1 aliphatic heterocycles. The fraction of sp³-hybridized carbons (Fsp3) is 0.263. The van der Waals surface area contributed by atoms with Crippen LogP contribution in [0.4, 0.5) is 4.79 Å². The molecule has 9 heteroatoms. The van der Waals surface area contributed by atoms with Crippen LogP contribution in [0.2, 0.25) is 0 Å². The molecule has 0 saturated carbocycles. The summed E-state index contributed by atoms with van der Waals surface area (Å²) in [5.74, 6) is -0.561. The number of benzene rings is 1. The first-order valence-corrected chi connectivity index (χ1v) is 8.52. The Balaban J connectivity index is 1.77. The van der Waals surface area contributed by atoms with Crippen molar-refractivity contribution in [2.75, 3.05) is 7.11 Å². The van der Waals surface area contributed by atoms with Crippen molar-refractivity contribution in [2.24, 2.45) is 5.10 Å². The molecule has 1 unspecified atom stereocenters. The normalized spacial score (nSPS) is 19.2. The minimum absolute atomic E-state index is 0.0604. The molecule has 2 heterocycles. The number of rotatable bonds is 6. The Morgan fingerprint density at radius 3 is 2.71 bits per heavy atom. The molecule has 1 aromatic carbocycles. The van der Waals surface area contributed by atoms with Crippen molar-refractivity contribution in [1.29, 1.82) is 0 Å². The van der Waals surface area contributed by atoms with Gasteiger partial charge in [0.05, 0.1) is 19.6 Å². The Bertz CT molecular complexity index is 937. The van der Waals surface area contributed by atoms with Gasteiger partial charge in [0.2, 0.25) is 5.76 Å². The summed E-state index contributed by atoms with van der Waals surface area (Å²) in [5.41, 5.74) is -0.420. The standard InChI is InChI=1S/C19H19N3O6/c1-4-19(2)17(24)22(18(25)21-19)20-11-12-7-8-13(15(10-12)26-3)28-16(23)14-6-5-9-27-14/h5-11H,4H2,1-3H3,(H,21,25). The van der Waals surface area contributed by atoms with Gasteiger partial charge in [0, 0.05) is 0 Å². The van der Waals surface area contributed by atoms with Gasteiger partial charge >= 0.3 is 12.0 Å². The average Bonchev–Trinajstić information content (AvgIpc) is 3.29. The summed E-state index contributed by atoms with van der Waals surface area (Å²) in [5, 5.41) is 7.38. The third-order valence-corrected chi connectivity index (χ3v) is 4.38. The number of hydrogen-bond acceptors (Lipinski definition) is 7. The van der Waals surface area contributed by atoms with Gasteiger partial charge in [-0.15, -0.1) is 5.01 Å². The summed E-state index contributed by atoms with van der Waals surface area (Å²) in [6, 6.07) is 7.16. The van der Waals surface area contributed by atoms with Gasteiger partial charge in [0.15, 0.2) is 11.5 Å². The predicted octanol–water partition coefficient (Wildman–Crippen LogP) is 2.56. The maximum Gasteiger partial charge on any atom is 0.379 e. The maximum atomic E-state index is 12.3. The van der Waals surface area contributed by atoms with Gasteiger partial charge in [-0.3, -0.25) is 4.79 Å². The van der Waals surface area contributed by atoms with Gasteiger partial charge < -0.3 is 19.2 Å². The molecule has 1 fully saturated rings. The number of urea groups is 1. The number of nitrogens with zero attached hydrogens (tertiary/aromatic N) is 2. The average molecular weight is 385 g/mol. The number of hydrogen-bond donors (Lipinski definition) is 1. The second-order valence-electron chi connectivity index (χ2n) is 6.25. The first-order valence-electron chi connectivity index (χ1n) is 8.52. The van der Waals surface area contributed by atoms with Crippen molar-refractivity contribution >= 4 is 24.1 Å². The molecule has 0 aliphatic carbocycles. The predicted molar refractivity (Wildman–Crippen MR) is 98.3 cm³/mol. The molecule has 0 radical (unpaired) electrons. The van der Waals surface area contributed by atoms with E-state index < -0.39 is 23.4 Å². The van der Waals surface area contributed by atoms with Gasteiger partial charge in [-0.05, 0) is 49.2 Å². The van der Waals surface area contributed by atoms with Crippen LogP contribution in [0.15, 0.2) is 46.1 Å². The van der Waals surface area contributed by atoms with Crippen LogP contribution in [0.25, 0.3) is 0 Å². The van der Waals surface area contributed by atoms with Crippen LogP contribution in [0.3, 0.4) is 0 Å². The number of methoxy groups -OCH3 is 1. The molecule has 1 N–H and O–H groups in total. The number of hydrazone groups is 1. The largest absolute Gasteiger partial charge is 0.493 e. The Morgan fingerprint density at radius 2 is 2.11 bits per heavy atom. The van der Waals surface area contributed by atoms with Crippen LogP contribution in [0, 0.1) is 0 Å². The summed E-state index contributed by atoms with van der Waals surface area (Å²) in [6.07, 6.45) is 3.17. The van der Waals surface area contributed by atoms with E-state index >= 15 is 0 Å². The molecular weight excluding hydrogens is 366 g/mol. The van der Waals surface area contributed by atoms with Crippen LogP contribution in [0.1, 0.15) is 36.4 Å². The molecule has 9 nitrogen and oxygen atoms in total. The van der Waals surface area contributed by atoms with E-state index in [1.807, 2.05) is 0 Å². The first-order chi connectivity index (χ1) is 13.4. The van der Waals surface area contributed by atoms with E-state index in [1.54, 1.807) is 32.0 Å². The van der Waals surface area contributed by atoms with Crippen molar-refractivity contribution in [3.05, 3.63) is 47.9 Å². The molecule has 3 amide bonds. The number of furan rings is 1. The van der Waals surface area contributed by atoms with Crippen molar-refractivity contribution in [3.63, 3.8) is 0 Å². The topological polar surface area (TPSA) is 110 Å². The van der Waals surface area contributed by atoms with Crippen LogP contribution < -0.4 is 14.8 Å². The van der Waals surface area contributed by atoms with E-state index in [2.05, 4.69) is 10.4 Å². The molecule has 0 spiro atoms. The van der Waals surface area contributed by atoms with Gasteiger partial charge in [-0.1, -0.05) is 6.92 Å². The lowest BCUT2D eigenvalue weighted by Crippen LogP contribution is -2.42. The molecule has 1 atom stereocenters. The zero-order valence-electron chi connectivity index (χ0n) is 15.6. The Morgan fingerprint density at radius 1 is 1.32 bits per heavy atom. The minimum atomic E-state index is -0.962. The third kappa shape index (κ3) is 3.59. The third-order valence-electron chi connectivity index (χ3n) is 4.38. The van der Waals surface area contributed by atoms with E-state index in [0.717, 1.165) is 5.01 Å². The van der Waals surface area contributed by atoms with Crippen molar-refractivity contribution in [3.8, 4) is 11.5 Å². The van der Waals surface area contributed by atoms with E-state index in [-0.39, 0.29) is 17.3 Å². The van der Waals surface area contributed by atoms with E-state index in [1.165, 1.54) is 31.7 Å². The van der Waals surface area contributed by atoms with Gasteiger partial charge in [-0.25, -0.2) is 9.59 Å². The summed E-state index contributed by atoms with van der Waals surface area (Å²) in [7, 11) is 1.42. The number of esters is 1. The first kappa shape index (κ1) is 19.2. The zero-order valence-corrected chi connectivity index (χ0v) is 15.6. The summed E-state index contributed by atoms with van der Waals surface area (Å²) < 4.78 is 15.5. The number of nitrogens with one attached hydrogen (secondary N) is 1. The molecular formula is C19H19N3O6. The summed E-state index contributed by atoms with van der Waals surface area (Å²) in [6.45, 7) is 3.45. The zero-order chi connectivity index (χ0) is 20.3. The van der Waals surface area contributed by atoms with Crippen molar-refractivity contribution in [2.45, 2.75) is 25.8 Å². The monoisotopic (exact) mass is 385 g/mol. The van der Waals surface area contributed by atoms with Gasteiger partial charge in [0.25, 0.3) is 5.91 Å². The number of carbonyl (C=O) groups excluding carboxylic acids is 3. The van der Waals surface area contributed by atoms with Crippen molar-refractivity contribution in [1.82, 2.24) is 10.3 Å². The smallest absolute Gasteiger partial charge is 0.379 e. The second kappa shape index (κ2) is 7.55. The Kier molecular flexibility index (Phi) is 5.16. The van der Waals surface area contributed by atoms with E-state index in [9.17, 15) is 14.4 Å². The number of amides is 3. The number of ether oxygens (including phenoxy) is 2. The number of carbonyl (C=O) groups is 3. The Labute approximate surface area is 160 Å². The maximum absolute atomic E-state index is 12.3. The molecule has 3 rings (SSSR count). The molecule has 1 aliphatic rings. The SMILES string of the molecule is CCC1(C)NC(=O)N(N=Cc2ccc(OC(=O)c3ccco3)c(OC)c2)C1=O. The van der Waals surface area contributed by atoms with Crippen molar-refractivity contribution < 1.29 is 28.3 Å². The lowest BCUT2D eigenvalue weighted by molar-refractivity contribution is -0.130. The number of imide groups is 1. The molecule has 1 saturated heterocycles. The molecule has 1 aromatic heterocycles. The highest BCUT2D eigenvalue weighted by Gasteiger charge is 2.46. The van der Waals surface area contributed by atoms with Crippen LogP contribution >= 0.6 is 0 Å². The Hall–Kier alpha value is -3.62. The van der Waals surface area contributed by atoms with Crippen LogP contribution in [0.5, 0.6) is 11.5 Å². The van der Waals surface area contributed by atoms with Gasteiger partial charge in [0.1, 0.15) is 5.54 Å². The lowest BCUT2D eigenvalue weighted by atomic mass is 10.00. The molecule has 0 bridgehead atoms. The van der Waals surface area contributed by atoms with E-state index in [0.29, 0.717) is 12.0 Å². The molecule has 28 heavy (non-hydrogen) atoms. The quantitative estimate of drug-likeness (QED) is 0.354. The summed E-state index contributed by atoms with van der Waals surface area (Å²) >= 11 is 0. The molecule has 146 valence electrons. The fourth-order valence-corrected chi connectivity index (χ4v) is 2.53. The highest BCUT2D eigenvalue weighted by atomic mass is 16.6. The highest BCUT2D eigenvalue weighted by molar-refractivity contribution is 6.07. The van der Waals surface area contributed by atoms with Gasteiger partial charge in [-0.2, -0.15) is 5.10 Å². The fourth-order valence-electron chi connectivity index (χ4n) is 2.53. The highest BCUT2D eigenvalue weighted by Crippen LogP contribution is 2.28. The van der Waals surface area contributed by atoms with Crippen LogP contribution in [-0.2, 0) is 4.79 Å².